The van der Waals surface area contributed by atoms with Gasteiger partial charge in [-0.05, 0) is 50.3 Å². The molecule has 24 heavy (non-hydrogen) atoms. The fraction of sp³-hybridized carbons (Fsp3) is 0.556. The van der Waals surface area contributed by atoms with E-state index in [1.54, 1.807) is 0 Å². The second-order valence-corrected chi connectivity index (χ2v) is 6.72. The quantitative estimate of drug-likeness (QED) is 0.754. The summed E-state index contributed by atoms with van der Waals surface area (Å²) < 4.78 is 13.1. The summed E-state index contributed by atoms with van der Waals surface area (Å²) in [6.45, 7) is 2.81. The van der Waals surface area contributed by atoms with Crippen molar-refractivity contribution < 1.29 is 14.0 Å². The maximum Gasteiger partial charge on any atom is 0.227 e. The van der Waals surface area contributed by atoms with Crippen LogP contribution >= 0.6 is 11.6 Å². The molecule has 1 fully saturated rings. The average Bonchev–Trinajstić information content (AvgIpc) is 2.58. The topological polar surface area (TPSA) is 58.2 Å². The normalized spacial score (nSPS) is 20.5. The minimum atomic E-state index is -0.510. The van der Waals surface area contributed by atoms with E-state index in [4.69, 9.17) is 11.6 Å². The largest absolute Gasteiger partial charge is 0.356 e. The van der Waals surface area contributed by atoms with E-state index in [1.165, 1.54) is 18.2 Å². The Labute approximate surface area is 147 Å². The van der Waals surface area contributed by atoms with Crippen LogP contribution in [0, 0.1) is 17.7 Å². The summed E-state index contributed by atoms with van der Waals surface area (Å²) in [4.78, 5) is 24.4. The summed E-state index contributed by atoms with van der Waals surface area (Å²) in [7, 11) is 0. The molecule has 0 spiro atoms. The average molecular weight is 355 g/mol. The number of nitrogens with one attached hydrogen (secondary N) is 2. The third kappa shape index (κ3) is 5.20. The molecule has 2 amide bonds. The number of rotatable bonds is 6. The Hall–Kier alpha value is -1.62. The van der Waals surface area contributed by atoms with E-state index in [9.17, 15) is 14.0 Å². The van der Waals surface area contributed by atoms with E-state index in [0.717, 1.165) is 32.2 Å². The number of hydrogen-bond donors (Lipinski definition) is 2. The first-order chi connectivity index (χ1) is 11.5. The van der Waals surface area contributed by atoms with Gasteiger partial charge in [0.2, 0.25) is 11.8 Å². The molecule has 1 aliphatic rings. The van der Waals surface area contributed by atoms with Crippen molar-refractivity contribution in [2.45, 2.75) is 45.4 Å². The summed E-state index contributed by atoms with van der Waals surface area (Å²) in [6, 6.07) is 4.13. The number of halogens is 2. The lowest BCUT2D eigenvalue weighted by Gasteiger charge is -2.27. The van der Waals surface area contributed by atoms with Gasteiger partial charge in [0.1, 0.15) is 5.82 Å². The number of benzene rings is 1. The third-order valence-corrected chi connectivity index (χ3v) is 4.78. The van der Waals surface area contributed by atoms with Crippen molar-refractivity contribution >= 4 is 29.1 Å². The zero-order valence-corrected chi connectivity index (χ0v) is 14.7. The molecule has 2 N–H and O–H groups in total. The van der Waals surface area contributed by atoms with E-state index in [2.05, 4.69) is 17.6 Å². The maximum atomic E-state index is 13.1. The number of unbranched alkanes of at least 4 members (excludes halogenated alkanes) is 1. The molecule has 6 heteroatoms. The van der Waals surface area contributed by atoms with Crippen molar-refractivity contribution in [2.75, 3.05) is 11.9 Å². The lowest BCUT2D eigenvalue weighted by atomic mass is 9.81. The molecule has 1 aromatic rings. The molecular weight excluding hydrogens is 331 g/mol. The number of carbonyl (C=O) groups is 2. The highest BCUT2D eigenvalue weighted by molar-refractivity contribution is 6.31. The van der Waals surface area contributed by atoms with Crippen LogP contribution in [0.4, 0.5) is 10.1 Å². The van der Waals surface area contributed by atoms with Gasteiger partial charge in [0.05, 0.1) is 5.02 Å². The Kier molecular flexibility index (Phi) is 7.03. The Morgan fingerprint density at radius 3 is 2.38 bits per heavy atom. The summed E-state index contributed by atoms with van der Waals surface area (Å²) in [5.74, 6) is -0.612. The van der Waals surface area contributed by atoms with Crippen LogP contribution in [0.2, 0.25) is 5.02 Å². The van der Waals surface area contributed by atoms with E-state index < -0.39 is 5.82 Å². The lowest BCUT2D eigenvalue weighted by Crippen LogP contribution is -2.35. The molecule has 0 aliphatic heterocycles. The van der Waals surface area contributed by atoms with E-state index in [-0.39, 0.29) is 28.7 Å². The van der Waals surface area contributed by atoms with Gasteiger partial charge in [-0.2, -0.15) is 0 Å². The van der Waals surface area contributed by atoms with Crippen LogP contribution < -0.4 is 10.6 Å². The first-order valence-corrected chi connectivity index (χ1v) is 8.92. The monoisotopic (exact) mass is 354 g/mol. The minimum Gasteiger partial charge on any atom is -0.356 e. The fourth-order valence-electron chi connectivity index (χ4n) is 2.97. The van der Waals surface area contributed by atoms with Crippen LogP contribution in [0.25, 0.3) is 0 Å². The predicted octanol–water partition coefficient (Wildman–Crippen LogP) is 4.14. The van der Waals surface area contributed by atoms with Gasteiger partial charge in [-0.25, -0.2) is 4.39 Å². The maximum absolute atomic E-state index is 13.1. The van der Waals surface area contributed by atoms with Crippen LogP contribution in [0.15, 0.2) is 18.2 Å². The molecule has 0 atom stereocenters. The second kappa shape index (κ2) is 9.02. The van der Waals surface area contributed by atoms with Gasteiger partial charge in [0.15, 0.2) is 0 Å². The molecule has 0 heterocycles. The van der Waals surface area contributed by atoms with Crippen LogP contribution in [-0.4, -0.2) is 18.4 Å². The molecule has 0 unspecified atom stereocenters. The Bertz CT molecular complexity index is 586. The van der Waals surface area contributed by atoms with Crippen LogP contribution in [0.5, 0.6) is 0 Å². The lowest BCUT2D eigenvalue weighted by molar-refractivity contribution is -0.128. The van der Waals surface area contributed by atoms with Gasteiger partial charge in [0, 0.05) is 24.1 Å². The van der Waals surface area contributed by atoms with E-state index >= 15 is 0 Å². The third-order valence-electron chi connectivity index (χ3n) is 4.49. The van der Waals surface area contributed by atoms with Gasteiger partial charge in [-0.3, -0.25) is 9.59 Å². The number of hydrogen-bond acceptors (Lipinski definition) is 2. The molecule has 132 valence electrons. The highest BCUT2D eigenvalue weighted by Gasteiger charge is 2.29. The Morgan fingerprint density at radius 1 is 1.17 bits per heavy atom. The van der Waals surface area contributed by atoms with Crippen molar-refractivity contribution in [3.63, 3.8) is 0 Å². The Balaban J connectivity index is 1.79. The van der Waals surface area contributed by atoms with Gasteiger partial charge in [-0.15, -0.1) is 0 Å². The number of anilines is 1. The van der Waals surface area contributed by atoms with Crippen LogP contribution in [0.1, 0.15) is 45.4 Å². The van der Waals surface area contributed by atoms with E-state index in [1.807, 2.05) is 0 Å². The first kappa shape index (κ1) is 18.7. The number of amides is 2. The van der Waals surface area contributed by atoms with Gasteiger partial charge >= 0.3 is 0 Å². The van der Waals surface area contributed by atoms with Gasteiger partial charge in [0.25, 0.3) is 0 Å². The predicted molar refractivity (Wildman–Crippen MR) is 93.4 cm³/mol. The molecular formula is C18H24ClFN2O2. The fourth-order valence-corrected chi connectivity index (χ4v) is 3.15. The van der Waals surface area contributed by atoms with Crippen molar-refractivity contribution in [3.05, 3.63) is 29.0 Å². The van der Waals surface area contributed by atoms with Crippen molar-refractivity contribution in [3.8, 4) is 0 Å². The minimum absolute atomic E-state index is 0.00571. The zero-order chi connectivity index (χ0) is 17.5. The summed E-state index contributed by atoms with van der Waals surface area (Å²) in [6.07, 6.45) is 4.87. The van der Waals surface area contributed by atoms with Gasteiger partial charge in [-0.1, -0.05) is 24.9 Å². The van der Waals surface area contributed by atoms with Crippen LogP contribution in [-0.2, 0) is 9.59 Å². The first-order valence-electron chi connectivity index (χ1n) is 8.55. The molecule has 0 saturated heterocycles. The summed E-state index contributed by atoms with van der Waals surface area (Å²) in [5.41, 5.74) is 0.492. The smallest absolute Gasteiger partial charge is 0.227 e. The molecule has 4 nitrogen and oxygen atoms in total. The molecule has 0 bridgehead atoms. The molecule has 0 aromatic heterocycles. The van der Waals surface area contributed by atoms with E-state index in [0.29, 0.717) is 18.5 Å². The van der Waals surface area contributed by atoms with Crippen LogP contribution in [0.3, 0.4) is 0 Å². The van der Waals surface area contributed by atoms with Crippen molar-refractivity contribution in [1.29, 1.82) is 0 Å². The zero-order valence-electron chi connectivity index (χ0n) is 13.9. The molecule has 1 saturated carbocycles. The molecule has 1 aliphatic carbocycles. The number of carbonyl (C=O) groups excluding carboxylic acids is 2. The molecule has 0 radical (unpaired) electrons. The van der Waals surface area contributed by atoms with Crippen molar-refractivity contribution in [1.82, 2.24) is 5.32 Å². The SMILES string of the molecule is CCCCNC(=O)C1CCC(C(=O)Nc2ccc(F)c(Cl)c2)CC1. The summed E-state index contributed by atoms with van der Waals surface area (Å²) in [5, 5.41) is 5.72. The standard InChI is InChI=1S/C18H24ClFN2O2/c1-2-3-10-21-17(23)12-4-6-13(7-5-12)18(24)22-14-8-9-16(20)15(19)11-14/h8-9,11-13H,2-7,10H2,1H3,(H,21,23)(H,22,24). The Morgan fingerprint density at radius 2 is 1.79 bits per heavy atom. The molecule has 2 rings (SSSR count). The highest BCUT2D eigenvalue weighted by Crippen LogP contribution is 2.30. The van der Waals surface area contributed by atoms with Crippen molar-refractivity contribution in [2.24, 2.45) is 11.8 Å². The molecule has 1 aromatic carbocycles. The second-order valence-electron chi connectivity index (χ2n) is 6.31. The van der Waals surface area contributed by atoms with Gasteiger partial charge < -0.3 is 10.6 Å². The summed E-state index contributed by atoms with van der Waals surface area (Å²) >= 11 is 5.72. The highest BCUT2D eigenvalue weighted by atomic mass is 35.5.